The van der Waals surface area contributed by atoms with E-state index in [1.807, 2.05) is 0 Å². The first kappa shape index (κ1) is 29.1. The van der Waals surface area contributed by atoms with E-state index >= 15 is 0 Å². The minimum absolute atomic E-state index is 0.316. The Morgan fingerprint density at radius 2 is 1.33 bits per heavy atom. The number of halogens is 6. The summed E-state index contributed by atoms with van der Waals surface area (Å²) in [6.07, 6.45) is -6.39. The molecule has 0 spiro atoms. The number of nitrogens with zero attached hydrogens (tertiary/aromatic N) is 2. The van der Waals surface area contributed by atoms with Gasteiger partial charge in [0.1, 0.15) is 0 Å². The van der Waals surface area contributed by atoms with Crippen LogP contribution in [0.4, 0.5) is 26.3 Å². The molecule has 0 radical (unpaired) electrons. The van der Waals surface area contributed by atoms with E-state index in [0.29, 0.717) is 23.7 Å². The van der Waals surface area contributed by atoms with Crippen molar-refractivity contribution in [3.63, 3.8) is 0 Å². The van der Waals surface area contributed by atoms with E-state index in [4.69, 9.17) is 16.3 Å². The number of likely N-dealkylation sites (N-methyl/N-ethyl adjacent to an activating group) is 2. The maximum absolute atomic E-state index is 13.5. The highest BCUT2D eigenvalue weighted by atomic mass is 32.5. The van der Waals surface area contributed by atoms with E-state index in [9.17, 15) is 26.3 Å². The Morgan fingerprint density at radius 1 is 0.889 bits per heavy atom. The molecule has 0 N–H and O–H groups in total. The minimum atomic E-state index is -4.56. The van der Waals surface area contributed by atoms with E-state index in [1.165, 1.54) is 12.1 Å². The van der Waals surface area contributed by atoms with Crippen LogP contribution in [0.15, 0.2) is 48.5 Å². The Labute approximate surface area is 213 Å². The Bertz CT molecular complexity index is 1020. The molecule has 1 aliphatic heterocycles. The third-order valence-electron chi connectivity index (χ3n) is 6.81. The lowest BCUT2D eigenvalue weighted by Gasteiger charge is -2.31. The van der Waals surface area contributed by atoms with Crippen LogP contribution < -0.4 is 0 Å². The molecule has 11 heteroatoms. The lowest BCUT2D eigenvalue weighted by Crippen LogP contribution is -2.22. The molecule has 3 nitrogen and oxygen atoms in total. The van der Waals surface area contributed by atoms with Gasteiger partial charge in [0.2, 0.25) is 6.57 Å². The zero-order chi connectivity index (χ0) is 26.9. The molecule has 1 heterocycles. The highest BCUT2D eigenvalue weighted by molar-refractivity contribution is 8.10. The first-order valence-electron chi connectivity index (χ1n) is 11.8. The van der Waals surface area contributed by atoms with E-state index in [0.717, 1.165) is 43.5 Å². The van der Waals surface area contributed by atoms with Gasteiger partial charge in [-0.2, -0.15) is 26.3 Å². The van der Waals surface area contributed by atoms with Crippen LogP contribution in [-0.4, -0.2) is 30.0 Å². The third-order valence-corrected chi connectivity index (χ3v) is 11.3. The molecule has 36 heavy (non-hydrogen) atoms. The predicted molar refractivity (Wildman–Crippen MR) is 133 cm³/mol. The largest absolute Gasteiger partial charge is 0.416 e. The molecule has 3 atom stereocenters. The molecule has 0 bridgehead atoms. The van der Waals surface area contributed by atoms with Gasteiger partial charge in [-0.3, -0.25) is 0 Å². The van der Waals surface area contributed by atoms with E-state index in [2.05, 4.69) is 13.8 Å². The van der Waals surface area contributed by atoms with Crippen LogP contribution in [0.2, 0.25) is 0 Å². The highest BCUT2D eigenvalue weighted by Crippen LogP contribution is 2.68. The molecular weight excluding hydrogens is 521 g/mol. The van der Waals surface area contributed by atoms with Gasteiger partial charge in [-0.05, 0) is 80.1 Å². The molecule has 2 aromatic carbocycles. The van der Waals surface area contributed by atoms with Crippen molar-refractivity contribution in [3.05, 3.63) is 70.8 Å². The molecule has 1 fully saturated rings. The van der Waals surface area contributed by atoms with Crippen molar-refractivity contribution < 1.29 is 30.9 Å². The lowest BCUT2D eigenvalue weighted by molar-refractivity contribution is -0.138. The van der Waals surface area contributed by atoms with Crippen molar-refractivity contribution in [2.45, 2.75) is 57.5 Å². The van der Waals surface area contributed by atoms with Gasteiger partial charge in [0.25, 0.3) is 0 Å². The van der Waals surface area contributed by atoms with Crippen LogP contribution in [0.25, 0.3) is 0 Å². The Hall–Kier alpha value is -1.45. The van der Waals surface area contributed by atoms with Crippen molar-refractivity contribution in [3.8, 4) is 0 Å². The van der Waals surface area contributed by atoms with Gasteiger partial charge in [-0.25, -0.2) is 9.34 Å². The Kier molecular flexibility index (Phi) is 8.99. The second kappa shape index (κ2) is 11.1. The summed E-state index contributed by atoms with van der Waals surface area (Å²) in [4.78, 5) is 0. The number of rotatable bonds is 8. The number of hydrogen-bond acceptors (Lipinski definition) is 2. The molecular formula is C25H31F6N2OPS. The fourth-order valence-electron chi connectivity index (χ4n) is 4.54. The molecule has 1 aliphatic rings. The lowest BCUT2D eigenvalue weighted by atomic mass is 9.91. The average molecular weight is 553 g/mol. The number of alkyl halides is 6. The molecule has 0 aromatic heterocycles. The predicted octanol–water partition coefficient (Wildman–Crippen LogP) is 8.45. The zero-order valence-electron chi connectivity index (χ0n) is 20.6. The van der Waals surface area contributed by atoms with Gasteiger partial charge in [0.05, 0.1) is 29.8 Å². The molecule has 2 aromatic rings. The van der Waals surface area contributed by atoms with Gasteiger partial charge in [0.15, 0.2) is 0 Å². The average Bonchev–Trinajstić information content (AvgIpc) is 3.02. The summed E-state index contributed by atoms with van der Waals surface area (Å²) in [6, 6.07) is 8.30. The monoisotopic (exact) mass is 552 g/mol. The minimum Gasteiger partial charge on any atom is -0.327 e. The van der Waals surface area contributed by atoms with Gasteiger partial charge in [0, 0.05) is 0 Å². The van der Waals surface area contributed by atoms with Crippen LogP contribution in [0.1, 0.15) is 67.4 Å². The van der Waals surface area contributed by atoms with E-state index in [1.54, 1.807) is 35.6 Å². The Morgan fingerprint density at radius 3 is 1.72 bits per heavy atom. The van der Waals surface area contributed by atoms with Crippen LogP contribution in [0.5, 0.6) is 0 Å². The van der Waals surface area contributed by atoms with Gasteiger partial charge in [-0.15, -0.1) is 0 Å². The smallest absolute Gasteiger partial charge is 0.327 e. The van der Waals surface area contributed by atoms with Crippen molar-refractivity contribution in [2.75, 3.05) is 20.7 Å². The Balaban J connectivity index is 2.05. The van der Waals surface area contributed by atoms with E-state index in [-0.39, 0.29) is 0 Å². The van der Waals surface area contributed by atoms with Crippen molar-refractivity contribution in [1.29, 1.82) is 0 Å². The molecule has 1 saturated heterocycles. The number of benzene rings is 2. The molecule has 0 amide bonds. The standard InChI is InChI=1S/C25H31F6N2OPS/c1-5-17(2)9-8-14-34-35(36)32(3)22(18-10-6-12-20(15-18)24(26,27)28)23(33(35)4)19-11-7-13-21(16-19)25(29,30)31/h6-7,10-13,15-17,22-23H,5,8-9,14H2,1-4H3/t17?,22-,23-/m0/s1. The summed E-state index contributed by atoms with van der Waals surface area (Å²) in [6.45, 7) is 1.67. The SMILES string of the molecule is CCC(C)CCCOP1(=S)N(C)[C@@H](c2cccc(C(F)(F)F)c2)[C@H](c2cccc(C(F)(F)F)c2)N1C. The quantitative estimate of drug-likeness (QED) is 0.185. The van der Waals surface area contributed by atoms with Crippen LogP contribution in [0, 0.1) is 5.92 Å². The summed E-state index contributed by atoms with van der Waals surface area (Å²) in [7, 11) is 3.37. The summed E-state index contributed by atoms with van der Waals surface area (Å²) in [5, 5.41) is 0. The molecule has 200 valence electrons. The fraction of sp³-hybridized carbons (Fsp3) is 0.520. The maximum Gasteiger partial charge on any atom is 0.416 e. The summed E-state index contributed by atoms with van der Waals surface area (Å²) >= 11 is 5.98. The van der Waals surface area contributed by atoms with Gasteiger partial charge < -0.3 is 4.52 Å². The highest BCUT2D eigenvalue weighted by Gasteiger charge is 2.51. The van der Waals surface area contributed by atoms with Gasteiger partial charge in [-0.1, -0.05) is 44.5 Å². The summed E-state index contributed by atoms with van der Waals surface area (Å²) in [5.74, 6) is 0.516. The molecule has 3 rings (SSSR count). The number of hydrogen-bond donors (Lipinski definition) is 0. The van der Waals surface area contributed by atoms with Crippen LogP contribution in [0.3, 0.4) is 0 Å². The maximum atomic E-state index is 13.5. The summed E-state index contributed by atoms with van der Waals surface area (Å²) < 4.78 is 90.7. The second-order valence-electron chi connectivity index (χ2n) is 9.26. The fourth-order valence-corrected chi connectivity index (χ4v) is 7.70. The molecule has 0 saturated carbocycles. The van der Waals surface area contributed by atoms with Crippen molar-refractivity contribution in [1.82, 2.24) is 9.34 Å². The van der Waals surface area contributed by atoms with Gasteiger partial charge >= 0.3 is 12.4 Å². The normalized spacial score (nSPS) is 22.2. The first-order chi connectivity index (χ1) is 16.7. The van der Waals surface area contributed by atoms with E-state index < -0.39 is 42.1 Å². The van der Waals surface area contributed by atoms with Crippen LogP contribution in [-0.2, 0) is 28.7 Å². The van der Waals surface area contributed by atoms with Crippen LogP contribution >= 0.6 is 6.57 Å². The first-order valence-corrected chi connectivity index (χ1v) is 14.4. The zero-order valence-corrected chi connectivity index (χ0v) is 22.3. The summed E-state index contributed by atoms with van der Waals surface area (Å²) in [5.41, 5.74) is -1.02. The van der Waals surface area contributed by atoms with Crippen molar-refractivity contribution in [2.24, 2.45) is 5.92 Å². The van der Waals surface area contributed by atoms with Crippen molar-refractivity contribution >= 4 is 18.4 Å². The molecule has 1 unspecified atom stereocenters. The second-order valence-corrected chi connectivity index (χ2v) is 13.2. The third kappa shape index (κ3) is 6.16. The topological polar surface area (TPSA) is 15.7 Å². The molecule has 0 aliphatic carbocycles.